The molecule has 3 aromatic heterocycles. The summed E-state index contributed by atoms with van der Waals surface area (Å²) in [5.74, 6) is 1.29. The maximum atomic E-state index is 12.7. The zero-order chi connectivity index (χ0) is 17.8. The molecule has 0 aliphatic carbocycles. The fraction of sp³-hybridized carbons (Fsp3) is 0.412. The van der Waals surface area contributed by atoms with Crippen LogP contribution in [0.5, 0.6) is 0 Å². The molecule has 3 rings (SSSR count). The number of unbranched alkanes of at least 4 members (excludes halogenated alkanes) is 1. The molecule has 3 aromatic rings. The van der Waals surface area contributed by atoms with Crippen molar-refractivity contribution in [1.82, 2.24) is 19.7 Å². The number of rotatable bonds is 8. The zero-order valence-corrected chi connectivity index (χ0v) is 15.9. The van der Waals surface area contributed by atoms with Gasteiger partial charge >= 0.3 is 0 Å². The van der Waals surface area contributed by atoms with E-state index in [-0.39, 0.29) is 10.8 Å². The van der Waals surface area contributed by atoms with Gasteiger partial charge in [-0.2, -0.15) is 4.98 Å². The summed E-state index contributed by atoms with van der Waals surface area (Å²) < 4.78 is 7.02. The molecule has 0 fully saturated rings. The summed E-state index contributed by atoms with van der Waals surface area (Å²) in [6.45, 7) is 8.26. The quantitative estimate of drug-likeness (QED) is 0.333. The lowest BCUT2D eigenvalue weighted by Crippen LogP contribution is -2.22. The van der Waals surface area contributed by atoms with E-state index in [1.807, 2.05) is 18.4 Å². The molecule has 25 heavy (non-hydrogen) atoms. The summed E-state index contributed by atoms with van der Waals surface area (Å²) in [7, 11) is 0. The van der Waals surface area contributed by atoms with Crippen molar-refractivity contribution in [3.8, 4) is 0 Å². The molecule has 0 aliphatic heterocycles. The van der Waals surface area contributed by atoms with E-state index in [4.69, 9.17) is 4.52 Å². The Kier molecular flexibility index (Phi) is 5.70. The smallest absolute Gasteiger partial charge is 0.263 e. The normalized spacial score (nSPS) is 12.6. The molecule has 0 bridgehead atoms. The zero-order valence-electron chi connectivity index (χ0n) is 14.3. The second kappa shape index (κ2) is 7.97. The van der Waals surface area contributed by atoms with Crippen LogP contribution in [0.3, 0.4) is 0 Å². The SMILES string of the molecule is C=CCn1c(SC(C)c2nc(CCCC)no2)nc2sccc2c1=O. The minimum Gasteiger partial charge on any atom is -0.338 e. The van der Waals surface area contributed by atoms with Gasteiger partial charge in [0.05, 0.1) is 10.6 Å². The van der Waals surface area contributed by atoms with Crippen LogP contribution in [-0.2, 0) is 13.0 Å². The number of fused-ring (bicyclic) bond motifs is 1. The first-order valence-corrected chi connectivity index (χ1v) is 9.98. The molecule has 1 unspecified atom stereocenters. The van der Waals surface area contributed by atoms with E-state index in [2.05, 4.69) is 28.6 Å². The Morgan fingerprint density at radius 3 is 3.08 bits per heavy atom. The molecule has 1 atom stereocenters. The van der Waals surface area contributed by atoms with E-state index in [9.17, 15) is 4.79 Å². The van der Waals surface area contributed by atoms with Crippen LogP contribution in [-0.4, -0.2) is 19.7 Å². The number of hydrogen-bond donors (Lipinski definition) is 0. The van der Waals surface area contributed by atoms with Crippen molar-refractivity contribution >= 4 is 33.3 Å². The molecule has 0 spiro atoms. The molecule has 0 saturated carbocycles. The van der Waals surface area contributed by atoms with Gasteiger partial charge in [-0.05, 0) is 24.8 Å². The van der Waals surface area contributed by atoms with Crippen LogP contribution in [0.25, 0.3) is 10.2 Å². The number of thioether (sulfide) groups is 1. The molecule has 8 heteroatoms. The molecule has 0 aromatic carbocycles. The first-order chi connectivity index (χ1) is 12.1. The summed E-state index contributed by atoms with van der Waals surface area (Å²) in [5, 5.41) is 7.10. The Balaban J connectivity index is 1.88. The molecule has 132 valence electrons. The fourth-order valence-electron chi connectivity index (χ4n) is 2.39. The van der Waals surface area contributed by atoms with Gasteiger partial charge in [0, 0.05) is 13.0 Å². The molecule has 0 amide bonds. The molecule has 0 N–H and O–H groups in total. The molecular weight excluding hydrogens is 356 g/mol. The second-order valence-electron chi connectivity index (χ2n) is 5.65. The highest BCUT2D eigenvalue weighted by Crippen LogP contribution is 2.33. The minimum atomic E-state index is -0.0942. The van der Waals surface area contributed by atoms with E-state index in [0.717, 1.165) is 29.9 Å². The van der Waals surface area contributed by atoms with Gasteiger partial charge in [0.15, 0.2) is 11.0 Å². The number of hydrogen-bond acceptors (Lipinski definition) is 7. The van der Waals surface area contributed by atoms with Gasteiger partial charge in [0.1, 0.15) is 4.83 Å². The predicted molar refractivity (Wildman–Crippen MR) is 101 cm³/mol. The van der Waals surface area contributed by atoms with Crippen molar-refractivity contribution in [3.05, 3.63) is 46.2 Å². The van der Waals surface area contributed by atoms with Crippen LogP contribution in [0.2, 0.25) is 0 Å². The van der Waals surface area contributed by atoms with Crippen LogP contribution in [0.1, 0.15) is 43.7 Å². The topological polar surface area (TPSA) is 73.8 Å². The van der Waals surface area contributed by atoms with Crippen LogP contribution in [0.15, 0.2) is 38.6 Å². The average molecular weight is 377 g/mol. The maximum absolute atomic E-state index is 12.7. The Bertz CT molecular complexity index is 928. The van der Waals surface area contributed by atoms with Gasteiger partial charge in [0.2, 0.25) is 5.89 Å². The molecule has 6 nitrogen and oxygen atoms in total. The first kappa shape index (κ1) is 17.9. The number of allylic oxidation sites excluding steroid dienone is 1. The summed E-state index contributed by atoms with van der Waals surface area (Å²) in [4.78, 5) is 22.5. The lowest BCUT2D eigenvalue weighted by atomic mass is 10.2. The van der Waals surface area contributed by atoms with Crippen LogP contribution in [0, 0.1) is 0 Å². The largest absolute Gasteiger partial charge is 0.338 e. The molecular formula is C17H20N4O2S2. The van der Waals surface area contributed by atoms with Gasteiger partial charge in [-0.25, -0.2) is 4.98 Å². The Labute approximate surface area is 154 Å². The van der Waals surface area contributed by atoms with Crippen LogP contribution in [0.4, 0.5) is 0 Å². The minimum absolute atomic E-state index is 0.0463. The van der Waals surface area contributed by atoms with E-state index in [1.54, 1.807) is 10.6 Å². The van der Waals surface area contributed by atoms with E-state index in [1.165, 1.54) is 23.1 Å². The molecule has 0 aliphatic rings. The standard InChI is InChI=1S/C17H20N4O2S2/c1-4-6-7-13-18-14(23-20-13)11(3)25-17-19-15-12(8-10-24-15)16(22)21(17)9-5-2/h5,8,10-11H,2,4,6-7,9H2,1,3H3. The number of aryl methyl sites for hydroxylation is 1. The van der Waals surface area contributed by atoms with Gasteiger partial charge in [0.25, 0.3) is 5.56 Å². The Morgan fingerprint density at radius 2 is 2.32 bits per heavy atom. The van der Waals surface area contributed by atoms with Crippen molar-refractivity contribution in [1.29, 1.82) is 0 Å². The van der Waals surface area contributed by atoms with E-state index >= 15 is 0 Å². The third kappa shape index (κ3) is 3.85. The highest BCUT2D eigenvalue weighted by atomic mass is 32.2. The van der Waals surface area contributed by atoms with Crippen LogP contribution < -0.4 is 5.56 Å². The van der Waals surface area contributed by atoms with Crippen LogP contribution >= 0.6 is 23.1 Å². The maximum Gasteiger partial charge on any atom is 0.263 e. The van der Waals surface area contributed by atoms with Gasteiger partial charge in [-0.15, -0.1) is 17.9 Å². The number of thiophene rings is 1. The Hall–Kier alpha value is -1.93. The first-order valence-electron chi connectivity index (χ1n) is 8.22. The van der Waals surface area contributed by atoms with Crippen molar-refractivity contribution < 1.29 is 4.52 Å². The summed E-state index contributed by atoms with van der Waals surface area (Å²) in [5.41, 5.74) is -0.0463. The third-order valence-electron chi connectivity index (χ3n) is 3.73. The summed E-state index contributed by atoms with van der Waals surface area (Å²) in [6.07, 6.45) is 4.65. The lowest BCUT2D eigenvalue weighted by molar-refractivity contribution is 0.374. The van der Waals surface area contributed by atoms with Crippen molar-refractivity contribution in [2.75, 3.05) is 0 Å². The monoisotopic (exact) mass is 376 g/mol. The predicted octanol–water partition coefficient (Wildman–Crippen LogP) is 4.22. The molecule has 3 heterocycles. The third-order valence-corrected chi connectivity index (χ3v) is 5.61. The summed E-state index contributed by atoms with van der Waals surface area (Å²) in [6, 6.07) is 1.81. The Morgan fingerprint density at radius 1 is 1.48 bits per heavy atom. The number of aromatic nitrogens is 4. The molecule has 0 radical (unpaired) electrons. The van der Waals surface area contributed by atoms with Crippen molar-refractivity contribution in [2.45, 2.75) is 50.1 Å². The number of nitrogens with zero attached hydrogens (tertiary/aromatic N) is 4. The van der Waals surface area contributed by atoms with E-state index in [0.29, 0.717) is 23.0 Å². The van der Waals surface area contributed by atoms with E-state index < -0.39 is 0 Å². The van der Waals surface area contributed by atoms with Gasteiger partial charge < -0.3 is 4.52 Å². The van der Waals surface area contributed by atoms with Gasteiger partial charge in [-0.3, -0.25) is 9.36 Å². The fourth-order valence-corrected chi connectivity index (χ4v) is 4.14. The average Bonchev–Trinajstić information content (AvgIpc) is 3.25. The second-order valence-corrected chi connectivity index (χ2v) is 7.85. The van der Waals surface area contributed by atoms with Gasteiger partial charge in [-0.1, -0.05) is 36.3 Å². The van der Waals surface area contributed by atoms with Crippen molar-refractivity contribution in [3.63, 3.8) is 0 Å². The highest BCUT2D eigenvalue weighted by molar-refractivity contribution is 7.99. The lowest BCUT2D eigenvalue weighted by Gasteiger charge is -2.12. The summed E-state index contributed by atoms with van der Waals surface area (Å²) >= 11 is 2.91. The highest BCUT2D eigenvalue weighted by Gasteiger charge is 2.20. The van der Waals surface area contributed by atoms with Crippen molar-refractivity contribution in [2.24, 2.45) is 0 Å². The molecule has 0 saturated heterocycles.